The van der Waals surface area contributed by atoms with Gasteiger partial charge in [0.25, 0.3) is 0 Å². The van der Waals surface area contributed by atoms with Crippen LogP contribution in [0.1, 0.15) is 0 Å². The molecule has 1 saturated heterocycles. The summed E-state index contributed by atoms with van der Waals surface area (Å²) in [6.07, 6.45) is 0. The topological polar surface area (TPSA) is 33.7 Å². The van der Waals surface area contributed by atoms with Gasteiger partial charge in [0.15, 0.2) is 0 Å². The first-order valence-electron chi connectivity index (χ1n) is 6.07. The molecule has 0 aliphatic carbocycles. The van der Waals surface area contributed by atoms with E-state index in [-0.39, 0.29) is 0 Å². The number of methoxy groups -OCH3 is 1. The van der Waals surface area contributed by atoms with Crippen LogP contribution in [0, 0.1) is 0 Å². The molecule has 0 amide bonds. The van der Waals surface area contributed by atoms with Crippen LogP contribution in [-0.2, 0) is 4.74 Å². The highest BCUT2D eigenvalue weighted by molar-refractivity contribution is 5.51. The first kappa shape index (κ1) is 12.2. The molecule has 0 unspecified atom stereocenters. The second-order valence-corrected chi connectivity index (χ2v) is 4.08. The van der Waals surface area contributed by atoms with Gasteiger partial charge in [-0.15, -0.1) is 0 Å². The lowest BCUT2D eigenvalue weighted by Gasteiger charge is -2.29. The largest absolute Gasteiger partial charge is 0.491 e. The highest BCUT2D eigenvalue weighted by Crippen LogP contribution is 2.21. The molecular weight excluding hydrogens is 216 g/mol. The quantitative estimate of drug-likeness (QED) is 0.777. The Morgan fingerprint density at radius 1 is 1.24 bits per heavy atom. The van der Waals surface area contributed by atoms with Gasteiger partial charge in [-0.3, -0.25) is 0 Å². The number of hydrogen-bond acceptors (Lipinski definition) is 4. The van der Waals surface area contributed by atoms with Crippen LogP contribution in [0.3, 0.4) is 0 Å². The molecule has 1 aliphatic heterocycles. The van der Waals surface area contributed by atoms with E-state index in [2.05, 4.69) is 22.3 Å². The van der Waals surface area contributed by atoms with Crippen molar-refractivity contribution in [1.82, 2.24) is 5.32 Å². The van der Waals surface area contributed by atoms with Crippen LogP contribution in [0.5, 0.6) is 5.75 Å². The van der Waals surface area contributed by atoms with Gasteiger partial charge >= 0.3 is 0 Å². The van der Waals surface area contributed by atoms with Crippen molar-refractivity contribution in [2.45, 2.75) is 0 Å². The molecule has 17 heavy (non-hydrogen) atoms. The molecule has 1 fully saturated rings. The zero-order valence-corrected chi connectivity index (χ0v) is 10.3. The monoisotopic (exact) mass is 236 g/mol. The third kappa shape index (κ3) is 3.61. The molecule has 1 heterocycles. The number of ether oxygens (including phenoxy) is 2. The van der Waals surface area contributed by atoms with Gasteiger partial charge in [0, 0.05) is 45.0 Å². The summed E-state index contributed by atoms with van der Waals surface area (Å²) in [6.45, 7) is 5.44. The summed E-state index contributed by atoms with van der Waals surface area (Å²) >= 11 is 0. The van der Waals surface area contributed by atoms with Crippen LogP contribution in [0.2, 0.25) is 0 Å². The molecule has 1 aromatic carbocycles. The van der Waals surface area contributed by atoms with Crippen molar-refractivity contribution in [3.05, 3.63) is 24.3 Å². The molecule has 4 nitrogen and oxygen atoms in total. The van der Waals surface area contributed by atoms with Crippen molar-refractivity contribution < 1.29 is 9.47 Å². The summed E-state index contributed by atoms with van der Waals surface area (Å²) in [5.74, 6) is 0.915. The summed E-state index contributed by atoms with van der Waals surface area (Å²) in [5.41, 5.74) is 1.24. The third-order valence-corrected chi connectivity index (χ3v) is 2.86. The lowest BCUT2D eigenvalue weighted by molar-refractivity contribution is 0.146. The van der Waals surface area contributed by atoms with Gasteiger partial charge in [0.1, 0.15) is 12.4 Å². The van der Waals surface area contributed by atoms with E-state index in [1.54, 1.807) is 7.11 Å². The van der Waals surface area contributed by atoms with E-state index in [0.717, 1.165) is 31.9 Å². The Morgan fingerprint density at radius 3 is 2.82 bits per heavy atom. The Balaban J connectivity index is 1.95. The van der Waals surface area contributed by atoms with Crippen LogP contribution >= 0.6 is 0 Å². The first-order chi connectivity index (χ1) is 8.40. The molecule has 0 aromatic heterocycles. The summed E-state index contributed by atoms with van der Waals surface area (Å²) in [4.78, 5) is 2.37. The van der Waals surface area contributed by atoms with Gasteiger partial charge in [-0.1, -0.05) is 6.07 Å². The van der Waals surface area contributed by atoms with Crippen LogP contribution in [0.4, 0.5) is 5.69 Å². The van der Waals surface area contributed by atoms with E-state index in [1.165, 1.54) is 5.69 Å². The fourth-order valence-corrected chi connectivity index (χ4v) is 1.94. The molecule has 0 atom stereocenters. The molecule has 4 heteroatoms. The van der Waals surface area contributed by atoms with Gasteiger partial charge in [0.2, 0.25) is 0 Å². The fourth-order valence-electron chi connectivity index (χ4n) is 1.94. The maximum Gasteiger partial charge on any atom is 0.121 e. The van der Waals surface area contributed by atoms with E-state index >= 15 is 0 Å². The molecule has 2 rings (SSSR count). The Kier molecular flexibility index (Phi) is 4.64. The zero-order chi connectivity index (χ0) is 11.9. The predicted molar refractivity (Wildman–Crippen MR) is 68.9 cm³/mol. The van der Waals surface area contributed by atoms with E-state index in [9.17, 15) is 0 Å². The van der Waals surface area contributed by atoms with E-state index < -0.39 is 0 Å². The Hall–Kier alpha value is -1.26. The normalized spacial score (nSPS) is 15.9. The average Bonchev–Trinajstić information content (AvgIpc) is 2.41. The molecule has 0 radical (unpaired) electrons. The molecule has 0 saturated carbocycles. The SMILES string of the molecule is COCCOc1cccc(N2CCNCC2)c1. The number of anilines is 1. The Bertz CT molecular complexity index is 338. The van der Waals surface area contributed by atoms with Gasteiger partial charge < -0.3 is 19.7 Å². The number of nitrogens with zero attached hydrogens (tertiary/aromatic N) is 1. The predicted octanol–water partition coefficient (Wildman–Crippen LogP) is 1.12. The fraction of sp³-hybridized carbons (Fsp3) is 0.538. The van der Waals surface area contributed by atoms with Gasteiger partial charge in [-0.2, -0.15) is 0 Å². The van der Waals surface area contributed by atoms with Crippen molar-refractivity contribution in [1.29, 1.82) is 0 Å². The molecule has 1 aliphatic rings. The van der Waals surface area contributed by atoms with Crippen molar-refractivity contribution >= 4 is 5.69 Å². The highest BCUT2D eigenvalue weighted by atomic mass is 16.5. The molecule has 0 bridgehead atoms. The Morgan fingerprint density at radius 2 is 2.06 bits per heavy atom. The van der Waals surface area contributed by atoms with Crippen LogP contribution in [0.15, 0.2) is 24.3 Å². The van der Waals surface area contributed by atoms with Gasteiger partial charge in [-0.25, -0.2) is 0 Å². The van der Waals surface area contributed by atoms with Crippen molar-refractivity contribution in [2.24, 2.45) is 0 Å². The summed E-state index contributed by atoms with van der Waals surface area (Å²) in [5, 5.41) is 3.35. The maximum absolute atomic E-state index is 5.61. The minimum atomic E-state index is 0.599. The second-order valence-electron chi connectivity index (χ2n) is 4.08. The molecule has 0 spiro atoms. The number of hydrogen-bond donors (Lipinski definition) is 1. The smallest absolute Gasteiger partial charge is 0.121 e. The lowest BCUT2D eigenvalue weighted by atomic mass is 10.2. The second kappa shape index (κ2) is 6.47. The molecule has 94 valence electrons. The standard InChI is InChI=1S/C13H20N2O2/c1-16-9-10-17-13-4-2-3-12(11-13)15-7-5-14-6-8-15/h2-4,11,14H,5-10H2,1H3. The summed E-state index contributed by atoms with van der Waals surface area (Å²) in [6, 6.07) is 8.26. The van der Waals surface area contributed by atoms with Crippen molar-refractivity contribution in [3.8, 4) is 5.75 Å². The Labute approximate surface area is 103 Å². The zero-order valence-electron chi connectivity index (χ0n) is 10.3. The van der Waals surface area contributed by atoms with Gasteiger partial charge in [-0.05, 0) is 12.1 Å². The number of nitrogens with one attached hydrogen (secondary N) is 1. The van der Waals surface area contributed by atoms with Crippen LogP contribution in [-0.4, -0.2) is 46.5 Å². The number of piperazine rings is 1. The first-order valence-corrected chi connectivity index (χ1v) is 6.07. The van der Waals surface area contributed by atoms with Crippen molar-refractivity contribution in [2.75, 3.05) is 51.4 Å². The summed E-state index contributed by atoms with van der Waals surface area (Å²) in [7, 11) is 1.68. The molecule has 1 aromatic rings. The minimum Gasteiger partial charge on any atom is -0.491 e. The van der Waals surface area contributed by atoms with Crippen LogP contribution in [0.25, 0.3) is 0 Å². The maximum atomic E-state index is 5.61. The number of rotatable bonds is 5. The molecule has 1 N–H and O–H groups in total. The number of benzene rings is 1. The summed E-state index contributed by atoms with van der Waals surface area (Å²) < 4.78 is 10.6. The third-order valence-electron chi connectivity index (χ3n) is 2.86. The molecular formula is C13H20N2O2. The average molecular weight is 236 g/mol. The van der Waals surface area contributed by atoms with E-state index in [0.29, 0.717) is 13.2 Å². The van der Waals surface area contributed by atoms with E-state index in [4.69, 9.17) is 9.47 Å². The highest BCUT2D eigenvalue weighted by Gasteiger charge is 2.10. The minimum absolute atomic E-state index is 0.599. The van der Waals surface area contributed by atoms with Gasteiger partial charge in [0.05, 0.1) is 6.61 Å². The van der Waals surface area contributed by atoms with Crippen molar-refractivity contribution in [3.63, 3.8) is 0 Å². The lowest BCUT2D eigenvalue weighted by Crippen LogP contribution is -2.43. The van der Waals surface area contributed by atoms with E-state index in [1.807, 2.05) is 12.1 Å². The van der Waals surface area contributed by atoms with Crippen LogP contribution < -0.4 is 15.0 Å².